The number of rotatable bonds is 4. The quantitative estimate of drug-likeness (QED) is 0.649. The Balaban J connectivity index is 2.31. The van der Waals surface area contributed by atoms with Crippen LogP contribution in [-0.2, 0) is 6.54 Å². The Morgan fingerprint density at radius 1 is 1.58 bits per heavy atom. The molecule has 2 rings (SSSR count). The Kier molecular flexibility index (Phi) is 3.03. The zero-order chi connectivity index (χ0) is 14.2. The predicted molar refractivity (Wildman–Crippen MR) is 60.9 cm³/mol. The van der Waals surface area contributed by atoms with Crippen LogP contribution >= 0.6 is 0 Å². The van der Waals surface area contributed by atoms with Crippen molar-refractivity contribution >= 4 is 11.7 Å². The first kappa shape index (κ1) is 12.7. The maximum atomic E-state index is 10.8. The van der Waals surface area contributed by atoms with Crippen LogP contribution in [0.4, 0.5) is 5.69 Å². The number of carboxylic acid groups (broad SMARTS) is 1. The molecule has 1 N–H and O–H groups in total. The highest BCUT2D eigenvalue weighted by molar-refractivity contribution is 5.85. The van der Waals surface area contributed by atoms with Gasteiger partial charge in [-0.1, -0.05) is 5.16 Å². The van der Waals surface area contributed by atoms with Gasteiger partial charge in [-0.3, -0.25) is 14.8 Å². The summed E-state index contributed by atoms with van der Waals surface area (Å²) in [5.74, 6) is -0.938. The lowest BCUT2D eigenvalue weighted by Gasteiger charge is -1.98. The molecule has 19 heavy (non-hydrogen) atoms. The molecular weight excluding hydrogens is 256 g/mol. The van der Waals surface area contributed by atoms with Gasteiger partial charge in [-0.05, 0) is 13.8 Å². The minimum Gasteiger partial charge on any atom is -0.476 e. The second kappa shape index (κ2) is 4.52. The molecule has 0 aliphatic rings. The van der Waals surface area contributed by atoms with Crippen LogP contribution in [0.2, 0.25) is 0 Å². The van der Waals surface area contributed by atoms with Gasteiger partial charge in [0.15, 0.2) is 11.5 Å². The topological polar surface area (TPSA) is 124 Å². The predicted octanol–water partition coefficient (Wildman–Crippen LogP) is 1.14. The van der Waals surface area contributed by atoms with Crippen LogP contribution < -0.4 is 0 Å². The first-order valence-corrected chi connectivity index (χ1v) is 5.27. The lowest BCUT2D eigenvalue weighted by molar-refractivity contribution is -0.386. The molecule has 9 heteroatoms. The van der Waals surface area contributed by atoms with E-state index in [0.717, 1.165) is 0 Å². The van der Waals surface area contributed by atoms with E-state index in [2.05, 4.69) is 10.3 Å². The number of carboxylic acids is 1. The molecule has 0 atom stereocenters. The molecule has 2 aromatic heterocycles. The third-order valence-corrected chi connectivity index (χ3v) is 2.61. The molecule has 0 aliphatic carbocycles. The largest absolute Gasteiger partial charge is 0.476 e. The maximum Gasteiger partial charge on any atom is 0.358 e. The zero-order valence-corrected chi connectivity index (χ0v) is 10.2. The molecule has 0 bridgehead atoms. The van der Waals surface area contributed by atoms with Crippen LogP contribution in [0.5, 0.6) is 0 Å². The maximum absolute atomic E-state index is 10.8. The van der Waals surface area contributed by atoms with E-state index in [9.17, 15) is 14.9 Å². The second-order valence-electron chi connectivity index (χ2n) is 3.92. The van der Waals surface area contributed by atoms with E-state index in [1.807, 2.05) is 0 Å². The van der Waals surface area contributed by atoms with Crippen molar-refractivity contribution in [3.05, 3.63) is 39.0 Å². The molecule has 0 saturated carbocycles. The van der Waals surface area contributed by atoms with Gasteiger partial charge in [0.05, 0.1) is 4.92 Å². The minimum atomic E-state index is -1.20. The van der Waals surface area contributed by atoms with Gasteiger partial charge >= 0.3 is 11.7 Å². The molecule has 0 aliphatic heterocycles. The summed E-state index contributed by atoms with van der Waals surface area (Å²) in [5.41, 5.74) is 0.389. The van der Waals surface area contributed by atoms with Crippen molar-refractivity contribution in [3.8, 4) is 0 Å². The Labute approximate surface area is 106 Å². The van der Waals surface area contributed by atoms with Gasteiger partial charge < -0.3 is 9.63 Å². The van der Waals surface area contributed by atoms with Crippen LogP contribution in [0.25, 0.3) is 0 Å². The number of nitrogens with zero attached hydrogens (tertiary/aromatic N) is 4. The first-order valence-electron chi connectivity index (χ1n) is 5.27. The minimum absolute atomic E-state index is 0.0574. The lowest BCUT2D eigenvalue weighted by atomic mass is 10.3. The smallest absolute Gasteiger partial charge is 0.358 e. The van der Waals surface area contributed by atoms with Crippen molar-refractivity contribution < 1.29 is 19.3 Å². The SMILES string of the molecule is Cc1nn(Cc2cc(C(=O)O)no2)c(C)c1[N+](=O)[O-]. The van der Waals surface area contributed by atoms with Crippen LogP contribution in [0.3, 0.4) is 0 Å². The second-order valence-corrected chi connectivity index (χ2v) is 3.92. The Morgan fingerprint density at radius 2 is 2.26 bits per heavy atom. The van der Waals surface area contributed by atoms with Gasteiger partial charge in [-0.25, -0.2) is 4.79 Å². The standard InChI is InChI=1S/C10H10N4O5/c1-5-9(14(17)18)6(2)13(11-5)4-7-3-8(10(15)16)12-19-7/h3H,4H2,1-2H3,(H,15,16). The number of aromatic carboxylic acids is 1. The molecule has 0 amide bonds. The van der Waals surface area contributed by atoms with Gasteiger partial charge in [0, 0.05) is 6.07 Å². The van der Waals surface area contributed by atoms with Crippen LogP contribution in [0, 0.1) is 24.0 Å². The highest BCUT2D eigenvalue weighted by Gasteiger charge is 2.22. The molecule has 0 aromatic carbocycles. The fraction of sp³-hybridized carbons (Fsp3) is 0.300. The summed E-state index contributed by atoms with van der Waals surface area (Å²) in [7, 11) is 0. The number of hydrogen-bond acceptors (Lipinski definition) is 6. The highest BCUT2D eigenvalue weighted by atomic mass is 16.6. The van der Waals surface area contributed by atoms with E-state index < -0.39 is 10.9 Å². The normalized spacial score (nSPS) is 10.6. The van der Waals surface area contributed by atoms with Gasteiger partial charge in [-0.2, -0.15) is 5.10 Å². The zero-order valence-electron chi connectivity index (χ0n) is 10.2. The van der Waals surface area contributed by atoms with Gasteiger partial charge in [-0.15, -0.1) is 0 Å². The fourth-order valence-corrected chi connectivity index (χ4v) is 1.74. The fourth-order valence-electron chi connectivity index (χ4n) is 1.74. The van der Waals surface area contributed by atoms with Crippen molar-refractivity contribution in [2.45, 2.75) is 20.4 Å². The van der Waals surface area contributed by atoms with Crippen LogP contribution in [-0.4, -0.2) is 30.9 Å². The average Bonchev–Trinajstić information content (AvgIpc) is 2.85. The van der Waals surface area contributed by atoms with Crippen molar-refractivity contribution in [2.75, 3.05) is 0 Å². The molecule has 0 fully saturated rings. The summed E-state index contributed by atoms with van der Waals surface area (Å²) in [6.07, 6.45) is 0. The summed E-state index contributed by atoms with van der Waals surface area (Å²) in [4.78, 5) is 21.0. The number of nitro groups is 1. The summed E-state index contributed by atoms with van der Waals surface area (Å²) < 4.78 is 6.21. The third kappa shape index (κ3) is 2.30. The Hall–Kier alpha value is -2.71. The van der Waals surface area contributed by atoms with E-state index in [0.29, 0.717) is 11.4 Å². The Morgan fingerprint density at radius 3 is 2.74 bits per heavy atom. The molecular formula is C10H10N4O5. The van der Waals surface area contributed by atoms with E-state index in [-0.39, 0.29) is 23.7 Å². The van der Waals surface area contributed by atoms with Gasteiger partial charge in [0.25, 0.3) is 0 Å². The third-order valence-electron chi connectivity index (χ3n) is 2.61. The van der Waals surface area contributed by atoms with Crippen molar-refractivity contribution in [1.82, 2.24) is 14.9 Å². The van der Waals surface area contributed by atoms with Gasteiger partial charge in [0.2, 0.25) is 0 Å². The number of aromatic nitrogens is 3. The lowest BCUT2D eigenvalue weighted by Crippen LogP contribution is -2.03. The molecule has 100 valence electrons. The molecule has 0 radical (unpaired) electrons. The summed E-state index contributed by atoms with van der Waals surface area (Å²) >= 11 is 0. The molecule has 2 heterocycles. The van der Waals surface area contributed by atoms with E-state index in [1.54, 1.807) is 6.92 Å². The summed E-state index contributed by atoms with van der Waals surface area (Å²) in [5, 5.41) is 26.9. The van der Waals surface area contributed by atoms with E-state index >= 15 is 0 Å². The van der Waals surface area contributed by atoms with Crippen molar-refractivity contribution in [2.24, 2.45) is 0 Å². The van der Waals surface area contributed by atoms with E-state index in [1.165, 1.54) is 17.7 Å². The monoisotopic (exact) mass is 266 g/mol. The van der Waals surface area contributed by atoms with E-state index in [4.69, 9.17) is 9.63 Å². The van der Waals surface area contributed by atoms with Gasteiger partial charge in [0.1, 0.15) is 17.9 Å². The summed E-state index contributed by atoms with van der Waals surface area (Å²) in [6, 6.07) is 1.25. The molecule has 0 saturated heterocycles. The summed E-state index contributed by atoms with van der Waals surface area (Å²) in [6.45, 7) is 3.18. The van der Waals surface area contributed by atoms with Crippen LogP contribution in [0.15, 0.2) is 10.6 Å². The first-order chi connectivity index (χ1) is 8.90. The number of carbonyl (C=O) groups is 1. The van der Waals surface area contributed by atoms with Crippen molar-refractivity contribution in [3.63, 3.8) is 0 Å². The van der Waals surface area contributed by atoms with Crippen LogP contribution in [0.1, 0.15) is 27.6 Å². The Bertz CT molecular complexity index is 657. The molecule has 2 aromatic rings. The average molecular weight is 266 g/mol. The highest BCUT2D eigenvalue weighted by Crippen LogP contribution is 2.22. The van der Waals surface area contributed by atoms with Crippen molar-refractivity contribution in [1.29, 1.82) is 0 Å². The number of hydrogen-bond donors (Lipinski definition) is 1. The molecule has 9 nitrogen and oxygen atoms in total. The molecule has 0 unspecified atom stereocenters. The molecule has 0 spiro atoms. The number of aryl methyl sites for hydroxylation is 1.